The van der Waals surface area contributed by atoms with Crippen molar-refractivity contribution in [2.45, 2.75) is 20.8 Å². The van der Waals surface area contributed by atoms with E-state index < -0.39 is 0 Å². The molecule has 5 heteroatoms. The highest BCUT2D eigenvalue weighted by Gasteiger charge is 2.06. The molecule has 0 saturated carbocycles. The Morgan fingerprint density at radius 2 is 1.91 bits per heavy atom. The number of benzene rings is 2. The third kappa shape index (κ3) is 4.57. The zero-order valence-electron chi connectivity index (χ0n) is 13.5. The van der Waals surface area contributed by atoms with Gasteiger partial charge in [-0.3, -0.25) is 4.79 Å². The minimum atomic E-state index is -0.365. The van der Waals surface area contributed by atoms with Gasteiger partial charge in [-0.25, -0.2) is 5.43 Å². The number of rotatable bonds is 5. The van der Waals surface area contributed by atoms with Crippen LogP contribution in [0.25, 0.3) is 0 Å². The third-order valence-corrected chi connectivity index (χ3v) is 3.33. The minimum Gasteiger partial charge on any atom is -0.507 e. The normalized spacial score (nSPS) is 10.7. The lowest BCUT2D eigenvalue weighted by atomic mass is 10.1. The van der Waals surface area contributed by atoms with Crippen molar-refractivity contribution in [3.8, 4) is 11.5 Å². The maximum atomic E-state index is 11.8. The molecule has 2 aromatic carbocycles. The maximum Gasteiger partial charge on any atom is 0.277 e. The molecule has 2 aromatic rings. The summed E-state index contributed by atoms with van der Waals surface area (Å²) < 4.78 is 5.54. The number of amides is 1. The number of hydrogen-bond donors (Lipinski definition) is 2. The van der Waals surface area contributed by atoms with Crippen LogP contribution in [0.2, 0.25) is 0 Å². The summed E-state index contributed by atoms with van der Waals surface area (Å²) in [4.78, 5) is 11.8. The fourth-order valence-electron chi connectivity index (χ4n) is 2.15. The predicted molar refractivity (Wildman–Crippen MR) is 90.0 cm³/mol. The Labute approximate surface area is 135 Å². The van der Waals surface area contributed by atoms with Crippen molar-refractivity contribution < 1.29 is 14.6 Å². The van der Waals surface area contributed by atoms with Crippen LogP contribution in [0.15, 0.2) is 41.5 Å². The summed E-state index contributed by atoms with van der Waals surface area (Å²) in [5.41, 5.74) is 5.87. The lowest BCUT2D eigenvalue weighted by Gasteiger charge is -2.10. The molecule has 0 saturated heterocycles. The van der Waals surface area contributed by atoms with Crippen LogP contribution < -0.4 is 10.2 Å². The Balaban J connectivity index is 1.90. The first-order valence-corrected chi connectivity index (χ1v) is 7.28. The zero-order valence-corrected chi connectivity index (χ0v) is 13.5. The van der Waals surface area contributed by atoms with Gasteiger partial charge in [0.15, 0.2) is 6.61 Å². The van der Waals surface area contributed by atoms with E-state index in [2.05, 4.69) is 10.5 Å². The molecule has 0 radical (unpaired) electrons. The molecule has 5 nitrogen and oxygen atoms in total. The smallest absolute Gasteiger partial charge is 0.277 e. The SMILES string of the molecule is Cc1ccc(O)c(/C=N/NC(=O)COc2c(C)cccc2C)c1. The molecule has 0 aliphatic heterocycles. The molecule has 120 valence electrons. The van der Waals surface area contributed by atoms with Gasteiger partial charge < -0.3 is 9.84 Å². The molecule has 2 N–H and O–H groups in total. The summed E-state index contributed by atoms with van der Waals surface area (Å²) in [6.07, 6.45) is 1.40. The Hall–Kier alpha value is -2.82. The van der Waals surface area contributed by atoms with Gasteiger partial charge in [0.2, 0.25) is 0 Å². The number of phenols is 1. The molecule has 0 spiro atoms. The third-order valence-electron chi connectivity index (χ3n) is 3.33. The number of hydrogen-bond acceptors (Lipinski definition) is 4. The summed E-state index contributed by atoms with van der Waals surface area (Å²) in [6, 6.07) is 11.0. The largest absolute Gasteiger partial charge is 0.507 e. The second kappa shape index (κ2) is 7.45. The van der Waals surface area contributed by atoms with E-state index in [0.29, 0.717) is 11.3 Å². The quantitative estimate of drug-likeness (QED) is 0.659. The Morgan fingerprint density at radius 1 is 1.22 bits per heavy atom. The van der Waals surface area contributed by atoms with Crippen molar-refractivity contribution in [1.29, 1.82) is 0 Å². The monoisotopic (exact) mass is 312 g/mol. The van der Waals surface area contributed by atoms with Crippen molar-refractivity contribution in [1.82, 2.24) is 5.43 Å². The van der Waals surface area contributed by atoms with Crippen molar-refractivity contribution in [2.75, 3.05) is 6.61 Å². The molecule has 0 unspecified atom stereocenters. The number of ether oxygens (including phenoxy) is 1. The van der Waals surface area contributed by atoms with E-state index in [4.69, 9.17) is 4.74 Å². The molecular formula is C18H20N2O3. The van der Waals surface area contributed by atoms with Crippen LogP contribution in [0, 0.1) is 20.8 Å². The molecule has 0 atom stereocenters. The number of carbonyl (C=O) groups excluding carboxylic acids is 1. The summed E-state index contributed by atoms with van der Waals surface area (Å²) in [6.45, 7) is 5.65. The van der Waals surface area contributed by atoms with Crippen molar-refractivity contribution in [2.24, 2.45) is 5.10 Å². The van der Waals surface area contributed by atoms with E-state index in [1.807, 2.05) is 39.0 Å². The topological polar surface area (TPSA) is 70.9 Å². The molecular weight excluding hydrogens is 292 g/mol. The van der Waals surface area contributed by atoms with Gasteiger partial charge in [-0.2, -0.15) is 5.10 Å². The van der Waals surface area contributed by atoms with Crippen LogP contribution >= 0.6 is 0 Å². The van der Waals surface area contributed by atoms with Crippen molar-refractivity contribution in [3.05, 3.63) is 58.7 Å². The van der Waals surface area contributed by atoms with Gasteiger partial charge in [-0.1, -0.05) is 29.8 Å². The number of aromatic hydroxyl groups is 1. The van der Waals surface area contributed by atoms with Crippen LogP contribution in [-0.4, -0.2) is 23.8 Å². The second-order valence-corrected chi connectivity index (χ2v) is 5.37. The first-order valence-electron chi connectivity index (χ1n) is 7.28. The fourth-order valence-corrected chi connectivity index (χ4v) is 2.15. The highest BCUT2D eigenvalue weighted by Crippen LogP contribution is 2.22. The van der Waals surface area contributed by atoms with E-state index in [0.717, 1.165) is 16.7 Å². The highest BCUT2D eigenvalue weighted by atomic mass is 16.5. The fraction of sp³-hybridized carbons (Fsp3) is 0.222. The lowest BCUT2D eigenvalue weighted by molar-refractivity contribution is -0.123. The molecule has 2 rings (SSSR count). The van der Waals surface area contributed by atoms with Gasteiger partial charge >= 0.3 is 0 Å². The molecule has 0 heterocycles. The summed E-state index contributed by atoms with van der Waals surface area (Å²) in [5, 5.41) is 13.5. The molecule has 0 aliphatic carbocycles. The first kappa shape index (κ1) is 16.5. The van der Waals surface area contributed by atoms with Crippen LogP contribution in [0.4, 0.5) is 0 Å². The number of aryl methyl sites for hydroxylation is 3. The number of nitrogens with zero attached hydrogens (tertiary/aromatic N) is 1. The summed E-state index contributed by atoms with van der Waals surface area (Å²) in [7, 11) is 0. The van der Waals surface area contributed by atoms with E-state index in [9.17, 15) is 9.90 Å². The average molecular weight is 312 g/mol. The Kier molecular flexibility index (Phi) is 5.36. The van der Waals surface area contributed by atoms with Gasteiger partial charge in [-0.15, -0.1) is 0 Å². The minimum absolute atomic E-state index is 0.111. The molecule has 0 aliphatic rings. The van der Waals surface area contributed by atoms with E-state index >= 15 is 0 Å². The molecule has 0 fully saturated rings. The van der Waals surface area contributed by atoms with Crippen LogP contribution in [-0.2, 0) is 4.79 Å². The van der Waals surface area contributed by atoms with Crippen LogP contribution in [0.1, 0.15) is 22.3 Å². The van der Waals surface area contributed by atoms with Crippen LogP contribution in [0.3, 0.4) is 0 Å². The zero-order chi connectivity index (χ0) is 16.8. The maximum absolute atomic E-state index is 11.8. The standard InChI is InChI=1S/C18H20N2O3/c1-12-7-8-16(21)15(9-12)10-19-20-17(22)11-23-18-13(2)5-4-6-14(18)3/h4-10,21H,11H2,1-3H3,(H,20,22)/b19-10+. The predicted octanol–water partition coefficient (Wildman–Crippen LogP) is 2.85. The van der Waals surface area contributed by atoms with E-state index in [1.54, 1.807) is 18.2 Å². The van der Waals surface area contributed by atoms with Crippen molar-refractivity contribution in [3.63, 3.8) is 0 Å². The number of carbonyl (C=O) groups is 1. The number of para-hydroxylation sites is 1. The van der Waals surface area contributed by atoms with Gasteiger partial charge in [-0.05, 0) is 44.0 Å². The Morgan fingerprint density at radius 3 is 2.61 bits per heavy atom. The highest BCUT2D eigenvalue weighted by molar-refractivity contribution is 5.85. The van der Waals surface area contributed by atoms with Gasteiger partial charge in [0.1, 0.15) is 11.5 Å². The molecule has 1 amide bonds. The van der Waals surface area contributed by atoms with Gasteiger partial charge in [0.05, 0.1) is 6.21 Å². The lowest BCUT2D eigenvalue weighted by Crippen LogP contribution is -2.25. The Bertz CT molecular complexity index is 719. The molecule has 23 heavy (non-hydrogen) atoms. The summed E-state index contributed by atoms with van der Waals surface area (Å²) in [5.74, 6) is 0.458. The number of hydrazone groups is 1. The van der Waals surface area contributed by atoms with Gasteiger partial charge in [0.25, 0.3) is 5.91 Å². The average Bonchev–Trinajstić information content (AvgIpc) is 2.50. The number of nitrogens with one attached hydrogen (secondary N) is 1. The summed E-state index contributed by atoms with van der Waals surface area (Å²) >= 11 is 0. The second-order valence-electron chi connectivity index (χ2n) is 5.37. The van der Waals surface area contributed by atoms with E-state index in [-0.39, 0.29) is 18.3 Å². The van der Waals surface area contributed by atoms with Crippen molar-refractivity contribution >= 4 is 12.1 Å². The van der Waals surface area contributed by atoms with E-state index in [1.165, 1.54) is 6.21 Å². The van der Waals surface area contributed by atoms with Gasteiger partial charge in [0, 0.05) is 5.56 Å². The molecule has 0 bridgehead atoms. The van der Waals surface area contributed by atoms with Crippen LogP contribution in [0.5, 0.6) is 11.5 Å². The molecule has 0 aromatic heterocycles. The first-order chi connectivity index (χ1) is 11.0. The number of phenolic OH excluding ortho intramolecular Hbond substituents is 1.